The minimum absolute atomic E-state index is 0.0527. The number of hydrogen-bond acceptors (Lipinski definition) is 7. The van der Waals surface area contributed by atoms with Crippen LogP contribution in [0.2, 0.25) is 0 Å². The highest BCUT2D eigenvalue weighted by atomic mass is 16.3. The van der Waals surface area contributed by atoms with Crippen LogP contribution < -0.4 is 9.80 Å². The Balaban J connectivity index is 1.37. The van der Waals surface area contributed by atoms with Gasteiger partial charge < -0.3 is 24.0 Å². The molecule has 27 heavy (non-hydrogen) atoms. The van der Waals surface area contributed by atoms with E-state index in [0.717, 1.165) is 57.6 Å². The number of likely N-dealkylation sites (N-methyl/N-ethyl adjacent to an activating group) is 1. The zero-order chi connectivity index (χ0) is 18.6. The summed E-state index contributed by atoms with van der Waals surface area (Å²) in [6.07, 6.45) is 3.37. The highest BCUT2D eigenvalue weighted by molar-refractivity contribution is 5.91. The first-order valence-corrected chi connectivity index (χ1v) is 9.62. The lowest BCUT2D eigenvalue weighted by molar-refractivity contribution is 0.0714. The van der Waals surface area contributed by atoms with E-state index < -0.39 is 0 Å². The number of carbonyl (C=O) groups is 1. The molecule has 4 rings (SSSR count). The number of amides is 1. The molecular weight excluding hydrogens is 344 g/mol. The fourth-order valence-electron chi connectivity index (χ4n) is 3.63. The molecule has 0 unspecified atom stereocenters. The van der Waals surface area contributed by atoms with Gasteiger partial charge in [-0.1, -0.05) is 6.92 Å². The molecule has 0 N–H and O–H groups in total. The van der Waals surface area contributed by atoms with Crippen molar-refractivity contribution in [3.05, 3.63) is 36.4 Å². The maximum absolute atomic E-state index is 12.4. The van der Waals surface area contributed by atoms with Gasteiger partial charge in [-0.3, -0.25) is 4.79 Å². The Morgan fingerprint density at radius 2 is 1.78 bits per heavy atom. The number of carbonyl (C=O) groups excluding carboxylic acids is 1. The molecule has 0 saturated carbocycles. The van der Waals surface area contributed by atoms with Crippen LogP contribution in [0.25, 0.3) is 0 Å². The van der Waals surface area contributed by atoms with Gasteiger partial charge in [-0.05, 0) is 24.7 Å². The summed E-state index contributed by atoms with van der Waals surface area (Å²) in [5.74, 6) is 2.08. The Morgan fingerprint density at radius 3 is 2.44 bits per heavy atom. The lowest BCUT2D eigenvalue weighted by Gasteiger charge is -2.36. The summed E-state index contributed by atoms with van der Waals surface area (Å²) in [6, 6.07) is 5.44. The molecule has 144 valence electrons. The van der Waals surface area contributed by atoms with Crippen molar-refractivity contribution in [1.29, 1.82) is 0 Å². The van der Waals surface area contributed by atoms with Gasteiger partial charge in [0.25, 0.3) is 5.91 Å². The molecule has 2 aromatic rings. The molecule has 0 radical (unpaired) electrons. The van der Waals surface area contributed by atoms with E-state index in [-0.39, 0.29) is 5.91 Å². The number of aromatic nitrogens is 2. The molecule has 2 fully saturated rings. The van der Waals surface area contributed by atoms with E-state index in [4.69, 9.17) is 9.40 Å². The second-order valence-electron chi connectivity index (χ2n) is 6.89. The van der Waals surface area contributed by atoms with Gasteiger partial charge in [0.15, 0.2) is 5.76 Å². The standard InChI is InChI=1S/C19H26N6O2/c1-2-22-7-9-23(10-8-22)17-5-6-20-19(21-17)25-13-11-24(12-14-25)18(26)16-4-3-15-27-16/h3-6,15H,2,7-14H2,1H3. The molecule has 0 aromatic carbocycles. The van der Waals surface area contributed by atoms with Crippen LogP contribution in [-0.2, 0) is 0 Å². The van der Waals surface area contributed by atoms with Crippen molar-refractivity contribution in [1.82, 2.24) is 19.8 Å². The summed E-state index contributed by atoms with van der Waals surface area (Å²) in [4.78, 5) is 30.4. The Kier molecular flexibility index (Phi) is 5.24. The third-order valence-electron chi connectivity index (χ3n) is 5.35. The summed E-state index contributed by atoms with van der Waals surface area (Å²) in [6.45, 7) is 10.2. The first kappa shape index (κ1) is 17.8. The van der Waals surface area contributed by atoms with Gasteiger partial charge in [0.05, 0.1) is 6.26 Å². The summed E-state index contributed by atoms with van der Waals surface area (Å²) in [5, 5.41) is 0. The average molecular weight is 370 g/mol. The molecule has 8 nitrogen and oxygen atoms in total. The SMILES string of the molecule is CCN1CCN(c2ccnc(N3CCN(C(=O)c4ccco4)CC3)n2)CC1. The second-order valence-corrected chi connectivity index (χ2v) is 6.89. The maximum atomic E-state index is 12.4. The van der Waals surface area contributed by atoms with Crippen molar-refractivity contribution in [2.45, 2.75) is 6.92 Å². The molecular formula is C19H26N6O2. The zero-order valence-electron chi connectivity index (χ0n) is 15.8. The van der Waals surface area contributed by atoms with Crippen molar-refractivity contribution in [2.24, 2.45) is 0 Å². The highest BCUT2D eigenvalue weighted by Crippen LogP contribution is 2.18. The number of anilines is 2. The minimum atomic E-state index is -0.0527. The molecule has 8 heteroatoms. The molecule has 0 atom stereocenters. The predicted octanol–water partition coefficient (Wildman–Crippen LogP) is 1.17. The van der Waals surface area contributed by atoms with Crippen molar-refractivity contribution < 1.29 is 9.21 Å². The predicted molar refractivity (Wildman–Crippen MR) is 103 cm³/mol. The number of hydrogen-bond donors (Lipinski definition) is 0. The number of nitrogens with zero attached hydrogens (tertiary/aromatic N) is 6. The summed E-state index contributed by atoms with van der Waals surface area (Å²) >= 11 is 0. The molecule has 2 aliphatic rings. The van der Waals surface area contributed by atoms with E-state index in [2.05, 4.69) is 26.6 Å². The van der Waals surface area contributed by atoms with Gasteiger partial charge in [-0.25, -0.2) is 4.98 Å². The third kappa shape index (κ3) is 3.90. The van der Waals surface area contributed by atoms with Crippen LogP contribution in [0.5, 0.6) is 0 Å². The summed E-state index contributed by atoms with van der Waals surface area (Å²) in [7, 11) is 0. The molecule has 2 saturated heterocycles. The van der Waals surface area contributed by atoms with Gasteiger partial charge in [0.2, 0.25) is 5.95 Å². The number of rotatable bonds is 4. The molecule has 1 amide bonds. The van der Waals surface area contributed by atoms with Gasteiger partial charge in [-0.2, -0.15) is 4.98 Å². The molecule has 0 spiro atoms. The highest BCUT2D eigenvalue weighted by Gasteiger charge is 2.25. The van der Waals surface area contributed by atoms with E-state index in [1.807, 2.05) is 17.2 Å². The summed E-state index contributed by atoms with van der Waals surface area (Å²) in [5.41, 5.74) is 0. The molecule has 0 bridgehead atoms. The molecule has 0 aliphatic carbocycles. The number of furan rings is 1. The van der Waals surface area contributed by atoms with Crippen LogP contribution in [0.1, 0.15) is 17.5 Å². The van der Waals surface area contributed by atoms with Crippen LogP contribution >= 0.6 is 0 Å². The lowest BCUT2D eigenvalue weighted by atomic mass is 10.3. The molecule has 2 aromatic heterocycles. The lowest BCUT2D eigenvalue weighted by Crippen LogP contribution is -2.49. The second kappa shape index (κ2) is 7.96. The summed E-state index contributed by atoms with van der Waals surface area (Å²) < 4.78 is 5.22. The Labute approximate surface area is 159 Å². The Morgan fingerprint density at radius 1 is 1.04 bits per heavy atom. The van der Waals surface area contributed by atoms with E-state index in [9.17, 15) is 4.79 Å². The fraction of sp³-hybridized carbons (Fsp3) is 0.526. The van der Waals surface area contributed by atoms with Crippen LogP contribution in [0.15, 0.2) is 35.1 Å². The average Bonchev–Trinajstić information content (AvgIpc) is 3.28. The third-order valence-corrected chi connectivity index (χ3v) is 5.35. The molecule has 2 aliphatic heterocycles. The monoisotopic (exact) mass is 370 g/mol. The van der Waals surface area contributed by atoms with E-state index in [1.54, 1.807) is 12.1 Å². The first-order chi connectivity index (χ1) is 13.2. The van der Waals surface area contributed by atoms with Crippen molar-refractivity contribution in [3.8, 4) is 0 Å². The van der Waals surface area contributed by atoms with Crippen LogP contribution in [0, 0.1) is 0 Å². The first-order valence-electron chi connectivity index (χ1n) is 9.62. The molecule has 4 heterocycles. The minimum Gasteiger partial charge on any atom is -0.459 e. The van der Waals surface area contributed by atoms with Crippen molar-refractivity contribution in [2.75, 3.05) is 68.7 Å². The normalized spacial score (nSPS) is 18.8. The smallest absolute Gasteiger partial charge is 0.289 e. The van der Waals surface area contributed by atoms with Crippen molar-refractivity contribution in [3.63, 3.8) is 0 Å². The zero-order valence-corrected chi connectivity index (χ0v) is 15.8. The van der Waals surface area contributed by atoms with Crippen molar-refractivity contribution >= 4 is 17.7 Å². The number of piperazine rings is 2. The van der Waals surface area contributed by atoms with E-state index >= 15 is 0 Å². The van der Waals surface area contributed by atoms with Gasteiger partial charge in [0.1, 0.15) is 5.82 Å². The van der Waals surface area contributed by atoms with Crippen LogP contribution in [0.4, 0.5) is 11.8 Å². The van der Waals surface area contributed by atoms with Crippen LogP contribution in [0.3, 0.4) is 0 Å². The van der Waals surface area contributed by atoms with E-state index in [0.29, 0.717) is 18.8 Å². The Bertz CT molecular complexity index is 749. The maximum Gasteiger partial charge on any atom is 0.289 e. The fourth-order valence-corrected chi connectivity index (χ4v) is 3.63. The quantitative estimate of drug-likeness (QED) is 0.800. The topological polar surface area (TPSA) is 69.0 Å². The van der Waals surface area contributed by atoms with Gasteiger partial charge in [-0.15, -0.1) is 0 Å². The Hall–Kier alpha value is -2.61. The van der Waals surface area contributed by atoms with Gasteiger partial charge in [0, 0.05) is 58.6 Å². The largest absolute Gasteiger partial charge is 0.459 e. The van der Waals surface area contributed by atoms with E-state index in [1.165, 1.54) is 6.26 Å². The van der Waals surface area contributed by atoms with Gasteiger partial charge >= 0.3 is 0 Å². The van der Waals surface area contributed by atoms with Crippen LogP contribution in [-0.4, -0.2) is 84.6 Å².